The number of aromatic nitrogens is 3. The quantitative estimate of drug-likeness (QED) is 0.839. The van der Waals surface area contributed by atoms with E-state index in [1.54, 1.807) is 0 Å². The van der Waals surface area contributed by atoms with E-state index >= 15 is 0 Å². The monoisotopic (exact) mass is 246 g/mol. The van der Waals surface area contributed by atoms with Crippen molar-refractivity contribution in [2.45, 2.75) is 19.4 Å². The fourth-order valence-corrected chi connectivity index (χ4v) is 1.45. The lowest BCUT2D eigenvalue weighted by Crippen LogP contribution is -2.32. The number of carbonyl (C=O) groups excluding carboxylic acids is 1. The maximum atomic E-state index is 11.9. The molecule has 1 atom stereocenters. The molecule has 6 heteroatoms. The van der Waals surface area contributed by atoms with E-state index in [0.29, 0.717) is 18.1 Å². The summed E-state index contributed by atoms with van der Waals surface area (Å²) >= 11 is 0. The Morgan fingerprint density at radius 2 is 2.22 bits per heavy atom. The molecule has 94 valence electrons. The fourth-order valence-electron chi connectivity index (χ4n) is 1.45. The van der Waals surface area contributed by atoms with Gasteiger partial charge in [-0.05, 0) is 18.6 Å². The highest BCUT2D eigenvalue weighted by molar-refractivity contribution is 5.92. The van der Waals surface area contributed by atoms with Gasteiger partial charge >= 0.3 is 0 Å². The Balaban J connectivity index is 1.98. The van der Waals surface area contributed by atoms with Crippen molar-refractivity contribution < 1.29 is 9.53 Å². The van der Waals surface area contributed by atoms with Gasteiger partial charge in [-0.2, -0.15) is 10.1 Å². The van der Waals surface area contributed by atoms with Crippen molar-refractivity contribution in [3.8, 4) is 5.75 Å². The van der Waals surface area contributed by atoms with Crippen molar-refractivity contribution in [1.29, 1.82) is 0 Å². The number of benzene rings is 1. The molecule has 1 aromatic heterocycles. The molecule has 0 aliphatic rings. The van der Waals surface area contributed by atoms with Gasteiger partial charge in [-0.15, -0.1) is 0 Å². The SMILES string of the molecule is CC[C@H](Oc1ccccc1)C(=O)Nc1ncn[nH]1. The number of hydrogen-bond acceptors (Lipinski definition) is 4. The topological polar surface area (TPSA) is 79.9 Å². The van der Waals surface area contributed by atoms with Gasteiger partial charge in [-0.1, -0.05) is 25.1 Å². The highest BCUT2D eigenvalue weighted by Crippen LogP contribution is 2.13. The van der Waals surface area contributed by atoms with Gasteiger partial charge in [-0.25, -0.2) is 5.10 Å². The lowest BCUT2D eigenvalue weighted by molar-refractivity contribution is -0.122. The maximum Gasteiger partial charge on any atom is 0.267 e. The molecule has 0 bridgehead atoms. The number of para-hydroxylation sites is 1. The van der Waals surface area contributed by atoms with Crippen LogP contribution in [0, 0.1) is 0 Å². The van der Waals surface area contributed by atoms with Crippen molar-refractivity contribution in [2.75, 3.05) is 5.32 Å². The minimum Gasteiger partial charge on any atom is -0.481 e. The number of amides is 1. The molecular formula is C12H14N4O2. The van der Waals surface area contributed by atoms with Crippen LogP contribution in [-0.4, -0.2) is 27.2 Å². The number of anilines is 1. The summed E-state index contributed by atoms with van der Waals surface area (Å²) in [6.07, 6.45) is 1.33. The van der Waals surface area contributed by atoms with Crippen LogP contribution in [0.2, 0.25) is 0 Å². The lowest BCUT2D eigenvalue weighted by atomic mass is 10.2. The predicted molar refractivity (Wildman–Crippen MR) is 66.2 cm³/mol. The van der Waals surface area contributed by atoms with Crippen LogP contribution in [0.3, 0.4) is 0 Å². The van der Waals surface area contributed by atoms with E-state index in [9.17, 15) is 4.79 Å². The van der Waals surface area contributed by atoms with Crippen molar-refractivity contribution in [3.63, 3.8) is 0 Å². The van der Waals surface area contributed by atoms with E-state index in [1.807, 2.05) is 37.3 Å². The largest absolute Gasteiger partial charge is 0.481 e. The summed E-state index contributed by atoms with van der Waals surface area (Å²) in [7, 11) is 0. The van der Waals surface area contributed by atoms with Crippen LogP contribution in [0.15, 0.2) is 36.7 Å². The molecule has 0 saturated carbocycles. The molecule has 1 aromatic carbocycles. The van der Waals surface area contributed by atoms with Crippen LogP contribution in [0.5, 0.6) is 5.75 Å². The van der Waals surface area contributed by atoms with E-state index in [2.05, 4.69) is 20.5 Å². The number of hydrogen-bond donors (Lipinski definition) is 2. The third-order valence-corrected chi connectivity index (χ3v) is 2.34. The molecule has 0 radical (unpaired) electrons. The Bertz CT molecular complexity index is 484. The van der Waals surface area contributed by atoms with Gasteiger partial charge in [0.25, 0.3) is 5.91 Å². The van der Waals surface area contributed by atoms with Gasteiger partial charge in [-0.3, -0.25) is 10.1 Å². The summed E-state index contributed by atoms with van der Waals surface area (Å²) in [5.41, 5.74) is 0. The van der Waals surface area contributed by atoms with Crippen molar-refractivity contribution in [3.05, 3.63) is 36.7 Å². The number of nitrogens with one attached hydrogen (secondary N) is 2. The van der Waals surface area contributed by atoms with E-state index in [1.165, 1.54) is 6.33 Å². The first-order chi connectivity index (χ1) is 8.79. The third kappa shape index (κ3) is 3.07. The Morgan fingerprint density at radius 1 is 1.44 bits per heavy atom. The molecule has 1 heterocycles. The van der Waals surface area contributed by atoms with Crippen LogP contribution in [0.1, 0.15) is 13.3 Å². The minimum absolute atomic E-state index is 0.252. The first-order valence-corrected chi connectivity index (χ1v) is 5.67. The molecule has 1 amide bonds. The highest BCUT2D eigenvalue weighted by Gasteiger charge is 2.19. The standard InChI is InChI=1S/C12H14N4O2/c1-2-10(18-9-6-4-3-5-7-9)11(17)15-12-13-8-14-16-12/h3-8,10H,2H2,1H3,(H2,13,14,15,16,17)/t10-/m0/s1. The average Bonchev–Trinajstić information content (AvgIpc) is 2.90. The average molecular weight is 246 g/mol. The first kappa shape index (κ1) is 12.1. The van der Waals surface area contributed by atoms with Gasteiger partial charge in [0, 0.05) is 0 Å². The second kappa shape index (κ2) is 5.81. The first-order valence-electron chi connectivity index (χ1n) is 5.67. The molecule has 0 aliphatic carbocycles. The van der Waals surface area contributed by atoms with Gasteiger partial charge < -0.3 is 4.74 Å². The smallest absolute Gasteiger partial charge is 0.267 e. The van der Waals surface area contributed by atoms with Gasteiger partial charge in [0.1, 0.15) is 12.1 Å². The number of nitrogens with zero attached hydrogens (tertiary/aromatic N) is 2. The van der Waals surface area contributed by atoms with E-state index in [0.717, 1.165) is 0 Å². The number of carbonyl (C=O) groups is 1. The van der Waals surface area contributed by atoms with Crippen LogP contribution < -0.4 is 10.1 Å². The predicted octanol–water partition coefficient (Wildman–Crippen LogP) is 1.60. The third-order valence-electron chi connectivity index (χ3n) is 2.34. The van der Waals surface area contributed by atoms with E-state index in [-0.39, 0.29) is 5.91 Å². The van der Waals surface area contributed by atoms with Gasteiger partial charge in [0.05, 0.1) is 0 Å². The fraction of sp³-hybridized carbons (Fsp3) is 0.250. The van der Waals surface area contributed by atoms with Crippen molar-refractivity contribution in [2.24, 2.45) is 0 Å². The van der Waals surface area contributed by atoms with Crippen LogP contribution >= 0.6 is 0 Å². The molecular weight excluding hydrogens is 232 g/mol. The Morgan fingerprint density at radius 3 is 2.83 bits per heavy atom. The van der Waals surface area contributed by atoms with Crippen LogP contribution in [0.25, 0.3) is 0 Å². The minimum atomic E-state index is -0.558. The Kier molecular flexibility index (Phi) is 3.90. The van der Waals surface area contributed by atoms with Gasteiger partial charge in [0.2, 0.25) is 5.95 Å². The molecule has 0 aliphatic heterocycles. The molecule has 0 spiro atoms. The lowest BCUT2D eigenvalue weighted by Gasteiger charge is -2.16. The summed E-state index contributed by atoms with van der Waals surface area (Å²) in [6, 6.07) is 9.23. The Hall–Kier alpha value is -2.37. The number of aromatic amines is 1. The van der Waals surface area contributed by atoms with Gasteiger partial charge in [0.15, 0.2) is 6.10 Å². The molecule has 18 heavy (non-hydrogen) atoms. The molecule has 0 unspecified atom stereocenters. The Labute approximate surface area is 104 Å². The number of rotatable bonds is 5. The summed E-state index contributed by atoms with van der Waals surface area (Å²) in [4.78, 5) is 15.7. The number of ether oxygens (including phenoxy) is 1. The zero-order chi connectivity index (χ0) is 12.8. The molecule has 2 rings (SSSR count). The molecule has 2 aromatic rings. The second-order valence-electron chi connectivity index (χ2n) is 3.65. The maximum absolute atomic E-state index is 11.9. The second-order valence-corrected chi connectivity index (χ2v) is 3.65. The number of H-pyrrole nitrogens is 1. The molecule has 0 fully saturated rings. The normalized spacial score (nSPS) is 11.8. The molecule has 2 N–H and O–H groups in total. The summed E-state index contributed by atoms with van der Waals surface area (Å²) < 4.78 is 5.60. The van der Waals surface area contributed by atoms with E-state index in [4.69, 9.17) is 4.74 Å². The molecule has 0 saturated heterocycles. The van der Waals surface area contributed by atoms with Crippen molar-refractivity contribution >= 4 is 11.9 Å². The zero-order valence-corrected chi connectivity index (χ0v) is 9.96. The van der Waals surface area contributed by atoms with Crippen LogP contribution in [0.4, 0.5) is 5.95 Å². The summed E-state index contributed by atoms with van der Waals surface area (Å²) in [6.45, 7) is 1.88. The van der Waals surface area contributed by atoms with Crippen molar-refractivity contribution in [1.82, 2.24) is 15.2 Å². The van der Waals surface area contributed by atoms with E-state index < -0.39 is 6.10 Å². The summed E-state index contributed by atoms with van der Waals surface area (Å²) in [5, 5.41) is 8.82. The molecule has 6 nitrogen and oxygen atoms in total. The zero-order valence-electron chi connectivity index (χ0n) is 9.96. The highest BCUT2D eigenvalue weighted by atomic mass is 16.5. The van der Waals surface area contributed by atoms with Crippen LogP contribution in [-0.2, 0) is 4.79 Å². The summed E-state index contributed by atoms with van der Waals surface area (Å²) in [5.74, 6) is 0.727.